The minimum absolute atomic E-state index is 0.0883. The standard InChI is InChI=1S/C15H15ClN4O2S/c1-10-8-13(18-14(21)5-2-6-16)20(19-10)15-17-11(9-23-15)12-4-3-7-22-12/h3-4,7-9H,2,5-6H2,1H3,(H,18,21). The number of carbonyl (C=O) groups excluding carboxylic acids is 1. The molecule has 0 bridgehead atoms. The largest absolute Gasteiger partial charge is 0.463 e. The van der Waals surface area contributed by atoms with Gasteiger partial charge in [-0.3, -0.25) is 4.79 Å². The van der Waals surface area contributed by atoms with Gasteiger partial charge in [0.2, 0.25) is 11.0 Å². The highest BCUT2D eigenvalue weighted by Crippen LogP contribution is 2.26. The van der Waals surface area contributed by atoms with Crippen LogP contribution in [0.4, 0.5) is 5.82 Å². The molecule has 120 valence electrons. The van der Waals surface area contributed by atoms with Crippen molar-refractivity contribution in [3.63, 3.8) is 0 Å². The Morgan fingerprint density at radius 2 is 2.39 bits per heavy atom. The number of thiazole rings is 1. The summed E-state index contributed by atoms with van der Waals surface area (Å²) in [6, 6.07) is 5.48. The predicted octanol–water partition coefficient (Wildman–Crippen LogP) is 3.85. The maximum atomic E-state index is 11.9. The van der Waals surface area contributed by atoms with Crippen LogP contribution in [0, 0.1) is 6.92 Å². The number of aryl methyl sites for hydroxylation is 1. The molecule has 3 rings (SSSR count). The highest BCUT2D eigenvalue weighted by Gasteiger charge is 2.15. The van der Waals surface area contributed by atoms with Gasteiger partial charge in [0, 0.05) is 23.7 Å². The van der Waals surface area contributed by atoms with Crippen LogP contribution in [0.5, 0.6) is 0 Å². The molecular formula is C15H15ClN4O2S. The van der Waals surface area contributed by atoms with Gasteiger partial charge in [-0.1, -0.05) is 0 Å². The lowest BCUT2D eigenvalue weighted by Crippen LogP contribution is -2.14. The molecule has 6 nitrogen and oxygen atoms in total. The molecule has 23 heavy (non-hydrogen) atoms. The van der Waals surface area contributed by atoms with Crippen LogP contribution < -0.4 is 5.32 Å². The Bertz CT molecular complexity index is 794. The fraction of sp³-hybridized carbons (Fsp3) is 0.267. The second kappa shape index (κ2) is 6.97. The second-order valence-corrected chi connectivity index (χ2v) is 6.13. The molecule has 0 aliphatic carbocycles. The lowest BCUT2D eigenvalue weighted by atomic mass is 10.3. The first-order valence-corrected chi connectivity index (χ1v) is 8.51. The highest BCUT2D eigenvalue weighted by molar-refractivity contribution is 7.12. The summed E-state index contributed by atoms with van der Waals surface area (Å²) in [7, 11) is 0. The van der Waals surface area contributed by atoms with Crippen molar-refractivity contribution in [2.75, 3.05) is 11.2 Å². The van der Waals surface area contributed by atoms with Gasteiger partial charge in [-0.25, -0.2) is 4.98 Å². The number of carbonyl (C=O) groups is 1. The third kappa shape index (κ3) is 3.62. The SMILES string of the molecule is Cc1cc(NC(=O)CCCCl)n(-c2nc(-c3ccco3)cs2)n1. The van der Waals surface area contributed by atoms with Gasteiger partial charge < -0.3 is 9.73 Å². The number of rotatable bonds is 6. The van der Waals surface area contributed by atoms with Crippen molar-refractivity contribution in [1.82, 2.24) is 14.8 Å². The molecule has 3 aromatic heterocycles. The van der Waals surface area contributed by atoms with E-state index >= 15 is 0 Å². The number of hydrogen-bond acceptors (Lipinski definition) is 5. The number of alkyl halides is 1. The summed E-state index contributed by atoms with van der Waals surface area (Å²) >= 11 is 7.05. The Balaban J connectivity index is 1.84. The van der Waals surface area contributed by atoms with Crippen LogP contribution >= 0.6 is 22.9 Å². The molecule has 0 radical (unpaired) electrons. The van der Waals surface area contributed by atoms with E-state index in [1.807, 2.05) is 30.5 Å². The second-order valence-electron chi connectivity index (χ2n) is 4.92. The van der Waals surface area contributed by atoms with Gasteiger partial charge in [0.1, 0.15) is 11.5 Å². The molecule has 3 heterocycles. The van der Waals surface area contributed by atoms with Crippen molar-refractivity contribution >= 4 is 34.7 Å². The number of halogens is 1. The van der Waals surface area contributed by atoms with Crippen LogP contribution in [0.25, 0.3) is 16.6 Å². The Kier molecular flexibility index (Phi) is 4.78. The van der Waals surface area contributed by atoms with E-state index in [1.54, 1.807) is 10.9 Å². The van der Waals surface area contributed by atoms with Crippen LogP contribution in [0.15, 0.2) is 34.3 Å². The first-order chi connectivity index (χ1) is 11.2. The molecule has 3 aromatic rings. The summed E-state index contributed by atoms with van der Waals surface area (Å²) in [5, 5.41) is 9.81. The fourth-order valence-electron chi connectivity index (χ4n) is 2.07. The van der Waals surface area contributed by atoms with Crippen molar-refractivity contribution in [2.24, 2.45) is 0 Å². The molecule has 1 amide bonds. The van der Waals surface area contributed by atoms with E-state index in [0.29, 0.717) is 35.4 Å². The summed E-state index contributed by atoms with van der Waals surface area (Å²) < 4.78 is 6.98. The van der Waals surface area contributed by atoms with Gasteiger partial charge in [0.15, 0.2) is 5.76 Å². The van der Waals surface area contributed by atoms with Gasteiger partial charge in [0.05, 0.1) is 12.0 Å². The molecule has 0 saturated heterocycles. The molecule has 0 aromatic carbocycles. The van der Waals surface area contributed by atoms with E-state index < -0.39 is 0 Å². The Morgan fingerprint density at radius 1 is 1.52 bits per heavy atom. The first-order valence-electron chi connectivity index (χ1n) is 7.09. The molecule has 0 atom stereocenters. The fourth-order valence-corrected chi connectivity index (χ4v) is 2.98. The highest BCUT2D eigenvalue weighted by atomic mass is 35.5. The smallest absolute Gasteiger partial charge is 0.225 e. The Morgan fingerprint density at radius 3 is 3.13 bits per heavy atom. The third-order valence-electron chi connectivity index (χ3n) is 3.08. The molecule has 8 heteroatoms. The van der Waals surface area contributed by atoms with Gasteiger partial charge in [0.25, 0.3) is 0 Å². The van der Waals surface area contributed by atoms with E-state index in [-0.39, 0.29) is 5.91 Å². The van der Waals surface area contributed by atoms with Crippen molar-refractivity contribution in [2.45, 2.75) is 19.8 Å². The van der Waals surface area contributed by atoms with Gasteiger partial charge in [-0.05, 0) is 25.5 Å². The normalized spacial score (nSPS) is 10.9. The number of nitrogens with zero attached hydrogens (tertiary/aromatic N) is 3. The van der Waals surface area contributed by atoms with Crippen LogP contribution in [0.1, 0.15) is 18.5 Å². The van der Waals surface area contributed by atoms with E-state index in [9.17, 15) is 4.79 Å². The van der Waals surface area contributed by atoms with Gasteiger partial charge >= 0.3 is 0 Å². The minimum Gasteiger partial charge on any atom is -0.463 e. The molecule has 1 N–H and O–H groups in total. The van der Waals surface area contributed by atoms with Gasteiger partial charge in [-0.15, -0.1) is 22.9 Å². The lowest BCUT2D eigenvalue weighted by molar-refractivity contribution is -0.116. The maximum absolute atomic E-state index is 11.9. The van der Waals surface area contributed by atoms with Crippen LogP contribution in [-0.2, 0) is 4.79 Å². The van der Waals surface area contributed by atoms with Crippen molar-refractivity contribution < 1.29 is 9.21 Å². The zero-order valence-electron chi connectivity index (χ0n) is 12.5. The summed E-state index contributed by atoms with van der Waals surface area (Å²) in [5.41, 5.74) is 1.54. The first kappa shape index (κ1) is 15.8. The summed E-state index contributed by atoms with van der Waals surface area (Å²) in [5.74, 6) is 1.67. The molecule has 0 spiro atoms. The molecule has 0 aliphatic heterocycles. The van der Waals surface area contributed by atoms with E-state index in [2.05, 4.69) is 15.4 Å². The van der Waals surface area contributed by atoms with E-state index in [4.69, 9.17) is 16.0 Å². The molecule has 0 unspecified atom stereocenters. The van der Waals surface area contributed by atoms with Gasteiger partial charge in [-0.2, -0.15) is 9.78 Å². The Hall–Kier alpha value is -2.12. The zero-order chi connectivity index (χ0) is 16.2. The number of amides is 1. The van der Waals surface area contributed by atoms with Crippen molar-refractivity contribution in [3.05, 3.63) is 35.5 Å². The molecule has 0 aliphatic rings. The average Bonchev–Trinajstić information content (AvgIpc) is 3.24. The van der Waals surface area contributed by atoms with Crippen LogP contribution in [0.2, 0.25) is 0 Å². The number of aromatic nitrogens is 3. The molecule has 0 fully saturated rings. The summed E-state index contributed by atoms with van der Waals surface area (Å²) in [4.78, 5) is 16.4. The maximum Gasteiger partial charge on any atom is 0.225 e. The third-order valence-corrected chi connectivity index (χ3v) is 4.17. The van der Waals surface area contributed by atoms with Crippen LogP contribution in [-0.4, -0.2) is 26.6 Å². The lowest BCUT2D eigenvalue weighted by Gasteiger charge is -2.05. The van der Waals surface area contributed by atoms with Crippen molar-refractivity contribution in [3.8, 4) is 16.6 Å². The predicted molar refractivity (Wildman–Crippen MR) is 90.3 cm³/mol. The van der Waals surface area contributed by atoms with E-state index in [0.717, 1.165) is 11.4 Å². The average molecular weight is 351 g/mol. The Labute approximate surface area is 142 Å². The monoisotopic (exact) mass is 350 g/mol. The summed E-state index contributed by atoms with van der Waals surface area (Å²) in [6.07, 6.45) is 2.62. The topological polar surface area (TPSA) is 73.0 Å². The summed E-state index contributed by atoms with van der Waals surface area (Å²) in [6.45, 7) is 1.87. The molecule has 0 saturated carbocycles. The minimum atomic E-state index is -0.0883. The van der Waals surface area contributed by atoms with Crippen LogP contribution in [0.3, 0.4) is 0 Å². The number of furan rings is 1. The zero-order valence-corrected chi connectivity index (χ0v) is 14.0. The quantitative estimate of drug-likeness (QED) is 0.685. The number of hydrogen-bond donors (Lipinski definition) is 1. The number of nitrogens with one attached hydrogen (secondary N) is 1. The number of anilines is 1. The van der Waals surface area contributed by atoms with E-state index in [1.165, 1.54) is 11.3 Å². The molecular weight excluding hydrogens is 336 g/mol. The van der Waals surface area contributed by atoms with Crippen molar-refractivity contribution in [1.29, 1.82) is 0 Å².